The van der Waals surface area contributed by atoms with Crippen LogP contribution in [0.1, 0.15) is 88.6 Å². The van der Waals surface area contributed by atoms with Crippen molar-refractivity contribution in [2.45, 2.75) is 83.5 Å². The third kappa shape index (κ3) is 6.69. The highest BCUT2D eigenvalue weighted by Crippen LogP contribution is 2.62. The second-order valence-corrected chi connectivity index (χ2v) is 18.9. The quantitative estimate of drug-likeness (QED) is 0.111. The number of imidazole rings is 2. The van der Waals surface area contributed by atoms with Crippen molar-refractivity contribution >= 4 is 61.4 Å². The number of Topliss-reactive ketones (excluding diaryl/α,β-unsaturated/α-hetero) is 1. The Balaban J connectivity index is 0.869. The summed E-state index contributed by atoms with van der Waals surface area (Å²) in [5.41, 5.74) is 7.11. The van der Waals surface area contributed by atoms with E-state index in [1.807, 2.05) is 36.9 Å². The van der Waals surface area contributed by atoms with E-state index in [1.54, 1.807) is 0 Å². The van der Waals surface area contributed by atoms with Crippen LogP contribution in [0.2, 0.25) is 0 Å². The largest absolute Gasteiger partial charge is 0.453 e. The van der Waals surface area contributed by atoms with E-state index >= 15 is 0 Å². The lowest BCUT2D eigenvalue weighted by molar-refractivity contribution is -0.136. The number of piperidine rings is 1. The number of carbonyl (C=O) groups is 3. The number of benzene rings is 5. The van der Waals surface area contributed by atoms with E-state index < -0.39 is 12.1 Å². The van der Waals surface area contributed by atoms with Gasteiger partial charge in [0.1, 0.15) is 17.7 Å². The number of carbonyl (C=O) groups excluding carboxylic acids is 3. The number of likely N-dealkylation sites (tertiary alicyclic amines) is 1. The molecule has 1 aliphatic heterocycles. The fourth-order valence-corrected chi connectivity index (χ4v) is 11.6. The molecule has 2 aromatic heterocycles. The zero-order valence-corrected chi connectivity index (χ0v) is 36.6. The zero-order valence-electron chi connectivity index (χ0n) is 36.6. The molecule has 7 aromatic rings. The molecule has 2 amide bonds. The maximum absolute atomic E-state index is 14.7. The molecule has 3 heterocycles. The van der Waals surface area contributed by atoms with E-state index in [2.05, 4.69) is 107 Å². The summed E-state index contributed by atoms with van der Waals surface area (Å²) in [6.07, 6.45) is 3.38. The summed E-state index contributed by atoms with van der Waals surface area (Å²) in [6, 6.07) is 31.1. The van der Waals surface area contributed by atoms with Gasteiger partial charge < -0.3 is 24.9 Å². The number of amides is 2. The molecule has 11 heteroatoms. The molecule has 4 aliphatic rings. The first kappa shape index (κ1) is 39.8. The summed E-state index contributed by atoms with van der Waals surface area (Å²) in [7, 11) is 1.32. The van der Waals surface area contributed by atoms with Gasteiger partial charge in [0.2, 0.25) is 5.91 Å². The van der Waals surface area contributed by atoms with Gasteiger partial charge in [-0.3, -0.25) is 14.5 Å². The van der Waals surface area contributed by atoms with Crippen molar-refractivity contribution in [1.29, 1.82) is 0 Å². The number of rotatable bonds is 12. The number of hydrogen-bond donors (Lipinski definition) is 3. The highest BCUT2D eigenvalue weighted by Gasteiger charge is 2.59. The third-order valence-electron chi connectivity index (χ3n) is 15.0. The number of H-pyrrole nitrogens is 2. The van der Waals surface area contributed by atoms with Crippen molar-refractivity contribution < 1.29 is 19.1 Å². The van der Waals surface area contributed by atoms with Gasteiger partial charge in [0, 0.05) is 28.7 Å². The average molecular weight is 842 g/mol. The zero-order chi connectivity index (χ0) is 43.3. The smallest absolute Gasteiger partial charge is 0.407 e. The predicted octanol–water partition coefficient (Wildman–Crippen LogP) is 9.85. The first-order chi connectivity index (χ1) is 30.6. The minimum atomic E-state index is -0.677. The van der Waals surface area contributed by atoms with Crippen molar-refractivity contribution in [1.82, 2.24) is 35.1 Å². The van der Waals surface area contributed by atoms with Gasteiger partial charge in [-0.25, -0.2) is 14.8 Å². The molecule has 0 spiro atoms. The Morgan fingerprint density at radius 1 is 0.810 bits per heavy atom. The van der Waals surface area contributed by atoms with Crippen molar-refractivity contribution in [2.75, 3.05) is 20.2 Å². The van der Waals surface area contributed by atoms with Crippen LogP contribution in [-0.4, -0.2) is 79.8 Å². The number of fused-ring (bicyclic) bond motifs is 8. The second-order valence-electron chi connectivity index (χ2n) is 18.9. The fraction of sp³-hybridized carbons (Fsp3) is 0.404. The summed E-state index contributed by atoms with van der Waals surface area (Å²) >= 11 is 0. The van der Waals surface area contributed by atoms with Crippen molar-refractivity contribution in [3.8, 4) is 11.1 Å². The van der Waals surface area contributed by atoms with E-state index in [-0.39, 0.29) is 41.8 Å². The number of nitrogens with zero attached hydrogens (tertiary/aromatic N) is 4. The first-order valence-corrected chi connectivity index (χ1v) is 23.0. The number of likely N-dealkylation sites (N-methyl/N-ethyl adjacent to an activating group) is 1. The van der Waals surface area contributed by atoms with Crippen molar-refractivity contribution in [3.05, 3.63) is 108 Å². The molecule has 0 radical (unpaired) electrons. The summed E-state index contributed by atoms with van der Waals surface area (Å²) in [5, 5.41) is 7.16. The minimum absolute atomic E-state index is 0.0480. The Hall–Kier alpha value is -6.07. The molecule has 3 saturated carbocycles. The summed E-state index contributed by atoms with van der Waals surface area (Å²) < 4.78 is 4.85. The Morgan fingerprint density at radius 3 is 2.27 bits per heavy atom. The molecule has 11 rings (SSSR count). The summed E-state index contributed by atoms with van der Waals surface area (Å²) in [5.74, 6) is 3.40. The van der Waals surface area contributed by atoms with E-state index in [0.29, 0.717) is 23.5 Å². The second kappa shape index (κ2) is 15.3. The number of methoxy groups -OCH3 is 1. The van der Waals surface area contributed by atoms with Gasteiger partial charge >= 0.3 is 6.09 Å². The molecule has 11 nitrogen and oxygen atoms in total. The molecule has 322 valence electrons. The molecular formula is C52H55N7O4. The standard InChI is InChI=1S/C52H55N7O4/c1-6-58(7-2)47(28-11-9-8-10-12-28)48(60)43-37-23-33(37)24-38(43)49-53-39-19-15-31-21-29(13-17-35(31)45(39)55-49)30-14-18-36-32(22-30)16-20-40-46(36)56-50(54-40)42-26-34-25-41(34)59(42)51(61)44(27(3)4)57-52(62)63-5/h8-22,27,33-34,37-38,41-44,47H,6-7,23-26H2,1-5H3,(H,53,55)(H,54,56)(H,57,62)/t33-,34-,37-,38-,41-,42+,43?,44+,47-/m1/s1. The lowest BCUT2D eigenvalue weighted by Crippen LogP contribution is -2.52. The number of aromatic amines is 2. The molecule has 63 heavy (non-hydrogen) atoms. The summed E-state index contributed by atoms with van der Waals surface area (Å²) in [4.78, 5) is 62.9. The van der Waals surface area contributed by atoms with Crippen molar-refractivity contribution in [3.63, 3.8) is 0 Å². The van der Waals surface area contributed by atoms with Crippen LogP contribution in [0.4, 0.5) is 4.79 Å². The SMILES string of the molecule is CCN(CC)[C@@H](C(=O)C1[C@H](c2nc3c(ccc4cc(-c5ccc6c(ccc7nc([C@@H]8C[C@H]9C[C@H]9N8C(=O)[C@@H](NC(=O)OC)C(C)C)[nH]c76)c5)ccc43)[nH]2)C[C@H]2C[C@@H]12)c1ccccc1. The monoisotopic (exact) mass is 841 g/mol. The molecule has 0 bridgehead atoms. The Labute approximate surface area is 367 Å². The highest BCUT2D eigenvalue weighted by atomic mass is 16.5. The first-order valence-electron chi connectivity index (χ1n) is 23.0. The molecule has 3 aliphatic carbocycles. The van der Waals surface area contributed by atoms with Crippen molar-refractivity contribution in [2.24, 2.45) is 29.6 Å². The van der Waals surface area contributed by atoms with Gasteiger partial charge in [0.25, 0.3) is 0 Å². The molecule has 5 aromatic carbocycles. The minimum Gasteiger partial charge on any atom is -0.453 e. The topological polar surface area (TPSA) is 136 Å². The highest BCUT2D eigenvalue weighted by molar-refractivity contribution is 6.07. The lowest BCUT2D eigenvalue weighted by atomic mass is 9.81. The number of ketones is 1. The molecule has 1 saturated heterocycles. The van der Waals surface area contributed by atoms with E-state index in [4.69, 9.17) is 14.7 Å². The number of nitrogens with one attached hydrogen (secondary N) is 3. The van der Waals surface area contributed by atoms with Crippen LogP contribution >= 0.6 is 0 Å². The van der Waals surface area contributed by atoms with Crippen LogP contribution < -0.4 is 5.32 Å². The van der Waals surface area contributed by atoms with Crippen LogP contribution in [0.15, 0.2) is 91.0 Å². The fourth-order valence-electron chi connectivity index (χ4n) is 11.6. The van der Waals surface area contributed by atoms with Crippen LogP contribution in [0.25, 0.3) is 54.7 Å². The van der Waals surface area contributed by atoms with Crippen LogP contribution in [-0.2, 0) is 14.3 Å². The van der Waals surface area contributed by atoms with Gasteiger partial charge in [-0.2, -0.15) is 0 Å². The number of alkyl carbamates (subject to hydrolysis) is 1. The Kier molecular flexibility index (Phi) is 9.67. The maximum Gasteiger partial charge on any atom is 0.407 e. The molecule has 3 N–H and O–H groups in total. The molecule has 1 unspecified atom stereocenters. The number of aromatic nitrogens is 4. The predicted molar refractivity (Wildman–Crippen MR) is 246 cm³/mol. The van der Waals surface area contributed by atoms with Gasteiger partial charge in [-0.15, -0.1) is 0 Å². The Bertz CT molecular complexity index is 2930. The van der Waals surface area contributed by atoms with Gasteiger partial charge in [-0.1, -0.05) is 94.4 Å². The van der Waals surface area contributed by atoms with E-state index in [0.717, 1.165) is 111 Å². The van der Waals surface area contributed by atoms with Gasteiger partial charge in [0.05, 0.1) is 41.3 Å². The molecular weight excluding hydrogens is 787 g/mol. The van der Waals surface area contributed by atoms with Gasteiger partial charge in [0.15, 0.2) is 5.78 Å². The number of ether oxygens (including phenoxy) is 1. The normalized spacial score (nSPS) is 24.6. The third-order valence-corrected chi connectivity index (χ3v) is 15.0. The summed E-state index contributed by atoms with van der Waals surface area (Å²) in [6.45, 7) is 9.83. The Morgan fingerprint density at radius 2 is 1.54 bits per heavy atom. The van der Waals surface area contributed by atoms with E-state index in [9.17, 15) is 14.4 Å². The van der Waals surface area contributed by atoms with Crippen LogP contribution in [0.5, 0.6) is 0 Å². The van der Waals surface area contributed by atoms with E-state index in [1.165, 1.54) is 7.11 Å². The molecule has 9 atom stereocenters. The van der Waals surface area contributed by atoms with Crippen LogP contribution in [0.3, 0.4) is 0 Å². The average Bonchev–Trinajstić information content (AvgIpc) is 3.95. The lowest BCUT2D eigenvalue weighted by Gasteiger charge is -2.33. The number of hydrogen-bond acceptors (Lipinski definition) is 7. The van der Waals surface area contributed by atoms with Gasteiger partial charge in [-0.05, 0) is 114 Å². The molecule has 4 fully saturated rings. The maximum atomic E-state index is 14.7. The van der Waals surface area contributed by atoms with Crippen LogP contribution in [0, 0.1) is 29.6 Å².